The Hall–Kier alpha value is -1.69. The molecule has 5 nitrogen and oxygen atoms in total. The van der Waals surface area contributed by atoms with Crippen LogP contribution < -0.4 is 10.2 Å². The summed E-state index contributed by atoms with van der Waals surface area (Å²) < 4.78 is 0.626. The Bertz CT molecular complexity index is 507. The van der Waals surface area contributed by atoms with Crippen molar-refractivity contribution in [2.45, 2.75) is 13.3 Å². The zero-order chi connectivity index (χ0) is 12.6. The lowest BCUT2D eigenvalue weighted by Gasteiger charge is -2.25. The summed E-state index contributed by atoms with van der Waals surface area (Å²) in [6.45, 7) is 1.85. The van der Waals surface area contributed by atoms with Gasteiger partial charge in [-0.05, 0) is 40.5 Å². The maximum absolute atomic E-state index is 11.7. The molecule has 17 heavy (non-hydrogen) atoms. The standard InChI is InChI=1S/C11H9BrN2O3/c1-6-2-3-7(12)8(4-6)14-10(16)5-9(15)13-11(14)17/h2-4H,5H2,1H3,(H,13,15,17). The van der Waals surface area contributed by atoms with Gasteiger partial charge in [-0.3, -0.25) is 14.9 Å². The number of anilines is 1. The van der Waals surface area contributed by atoms with Crippen molar-refractivity contribution in [3.8, 4) is 0 Å². The zero-order valence-corrected chi connectivity index (χ0v) is 10.6. The summed E-state index contributed by atoms with van der Waals surface area (Å²) >= 11 is 3.28. The third-order valence-corrected chi connectivity index (χ3v) is 3.02. The number of nitrogens with zero attached hydrogens (tertiary/aromatic N) is 1. The highest BCUT2D eigenvalue weighted by Gasteiger charge is 2.33. The monoisotopic (exact) mass is 296 g/mol. The van der Waals surface area contributed by atoms with Crippen LogP contribution in [0.5, 0.6) is 0 Å². The third-order valence-electron chi connectivity index (χ3n) is 2.35. The molecular weight excluding hydrogens is 288 g/mol. The van der Waals surface area contributed by atoms with Crippen LogP contribution in [0.4, 0.5) is 10.5 Å². The average molecular weight is 297 g/mol. The molecule has 1 aliphatic heterocycles. The van der Waals surface area contributed by atoms with Gasteiger partial charge in [-0.25, -0.2) is 9.69 Å². The molecule has 1 aliphatic rings. The molecule has 1 aromatic carbocycles. The Morgan fingerprint density at radius 1 is 1.29 bits per heavy atom. The van der Waals surface area contributed by atoms with Gasteiger partial charge in [0.2, 0.25) is 11.8 Å². The minimum Gasteiger partial charge on any atom is -0.277 e. The van der Waals surface area contributed by atoms with Crippen LogP contribution in [0.3, 0.4) is 0 Å². The highest BCUT2D eigenvalue weighted by Crippen LogP contribution is 2.28. The molecule has 1 fully saturated rings. The molecule has 0 radical (unpaired) electrons. The van der Waals surface area contributed by atoms with E-state index in [1.165, 1.54) is 0 Å². The Labute approximate surface area is 106 Å². The number of rotatable bonds is 1. The summed E-state index contributed by atoms with van der Waals surface area (Å²) in [5, 5.41) is 2.11. The second-order valence-electron chi connectivity index (χ2n) is 3.71. The molecule has 2 rings (SSSR count). The maximum Gasteiger partial charge on any atom is 0.335 e. The van der Waals surface area contributed by atoms with Gasteiger partial charge in [0, 0.05) is 4.47 Å². The van der Waals surface area contributed by atoms with Gasteiger partial charge in [-0.15, -0.1) is 0 Å². The van der Waals surface area contributed by atoms with Crippen molar-refractivity contribution in [1.82, 2.24) is 5.32 Å². The molecule has 6 heteroatoms. The molecule has 1 aromatic rings. The minimum atomic E-state index is -0.711. The quantitative estimate of drug-likeness (QED) is 0.803. The van der Waals surface area contributed by atoms with E-state index in [2.05, 4.69) is 21.2 Å². The predicted octanol–water partition coefficient (Wildman–Crippen LogP) is 1.73. The highest BCUT2D eigenvalue weighted by molar-refractivity contribution is 9.10. The van der Waals surface area contributed by atoms with E-state index in [1.807, 2.05) is 13.0 Å². The SMILES string of the molecule is Cc1ccc(Br)c(N2C(=O)CC(=O)NC2=O)c1. The van der Waals surface area contributed by atoms with Crippen LogP contribution in [0.25, 0.3) is 0 Å². The van der Waals surface area contributed by atoms with E-state index in [4.69, 9.17) is 0 Å². The number of aryl methyl sites for hydroxylation is 1. The van der Waals surface area contributed by atoms with Gasteiger partial charge in [0.25, 0.3) is 0 Å². The molecule has 0 atom stereocenters. The molecule has 1 N–H and O–H groups in total. The van der Waals surface area contributed by atoms with Crippen LogP contribution in [0, 0.1) is 6.92 Å². The molecular formula is C11H9BrN2O3. The third kappa shape index (κ3) is 2.21. The molecule has 0 spiro atoms. The van der Waals surface area contributed by atoms with E-state index >= 15 is 0 Å². The van der Waals surface area contributed by atoms with Gasteiger partial charge in [0.1, 0.15) is 6.42 Å². The summed E-state index contributed by atoms with van der Waals surface area (Å²) in [4.78, 5) is 35.3. The van der Waals surface area contributed by atoms with Gasteiger partial charge < -0.3 is 0 Å². The minimum absolute atomic E-state index is 0.313. The number of amides is 4. The summed E-state index contributed by atoms with van der Waals surface area (Å²) in [5.41, 5.74) is 1.36. The van der Waals surface area contributed by atoms with E-state index in [0.29, 0.717) is 10.2 Å². The molecule has 4 amide bonds. The lowest BCUT2D eigenvalue weighted by atomic mass is 10.2. The lowest BCUT2D eigenvalue weighted by Crippen LogP contribution is -2.53. The van der Waals surface area contributed by atoms with Crippen molar-refractivity contribution in [3.05, 3.63) is 28.2 Å². The number of hydrogen-bond acceptors (Lipinski definition) is 3. The van der Waals surface area contributed by atoms with Crippen LogP contribution in [-0.4, -0.2) is 17.8 Å². The van der Waals surface area contributed by atoms with E-state index in [9.17, 15) is 14.4 Å². The number of carbonyl (C=O) groups is 3. The van der Waals surface area contributed by atoms with Crippen molar-refractivity contribution in [2.24, 2.45) is 0 Å². The van der Waals surface area contributed by atoms with Gasteiger partial charge >= 0.3 is 6.03 Å². The molecule has 0 saturated carbocycles. The Morgan fingerprint density at radius 3 is 2.65 bits per heavy atom. The first-order valence-electron chi connectivity index (χ1n) is 4.92. The van der Waals surface area contributed by atoms with Crippen molar-refractivity contribution < 1.29 is 14.4 Å². The number of hydrogen-bond donors (Lipinski definition) is 1. The van der Waals surface area contributed by atoms with Crippen molar-refractivity contribution in [1.29, 1.82) is 0 Å². The first-order chi connectivity index (χ1) is 7.99. The first kappa shape index (κ1) is 11.8. The van der Waals surface area contributed by atoms with Crippen molar-refractivity contribution in [2.75, 3.05) is 4.90 Å². The largest absolute Gasteiger partial charge is 0.335 e. The van der Waals surface area contributed by atoms with E-state index in [-0.39, 0.29) is 6.42 Å². The molecule has 88 valence electrons. The van der Waals surface area contributed by atoms with Gasteiger partial charge in [0.05, 0.1) is 5.69 Å². The fraction of sp³-hybridized carbons (Fsp3) is 0.182. The topological polar surface area (TPSA) is 66.5 Å². The van der Waals surface area contributed by atoms with E-state index < -0.39 is 17.8 Å². The summed E-state index contributed by atoms with van der Waals surface area (Å²) in [7, 11) is 0. The number of barbiturate groups is 1. The predicted molar refractivity (Wildman–Crippen MR) is 64.5 cm³/mol. The number of halogens is 1. The molecule has 1 saturated heterocycles. The van der Waals surface area contributed by atoms with Crippen LogP contribution >= 0.6 is 15.9 Å². The highest BCUT2D eigenvalue weighted by atomic mass is 79.9. The normalized spacial score (nSPS) is 16.1. The second kappa shape index (κ2) is 4.29. The van der Waals surface area contributed by atoms with Crippen molar-refractivity contribution in [3.63, 3.8) is 0 Å². The molecule has 1 heterocycles. The van der Waals surface area contributed by atoms with Gasteiger partial charge in [-0.1, -0.05) is 6.07 Å². The zero-order valence-electron chi connectivity index (χ0n) is 8.99. The number of benzene rings is 1. The fourth-order valence-electron chi connectivity index (χ4n) is 1.59. The Kier molecular flexibility index (Phi) is 2.97. The summed E-state index contributed by atoms with van der Waals surface area (Å²) in [5.74, 6) is -1.09. The van der Waals surface area contributed by atoms with Gasteiger partial charge in [-0.2, -0.15) is 0 Å². The number of nitrogens with one attached hydrogen (secondary N) is 1. The average Bonchev–Trinajstić information content (AvgIpc) is 2.21. The second-order valence-corrected chi connectivity index (χ2v) is 4.57. The van der Waals surface area contributed by atoms with Crippen LogP contribution in [-0.2, 0) is 9.59 Å². The van der Waals surface area contributed by atoms with Crippen LogP contribution in [0.15, 0.2) is 22.7 Å². The molecule has 0 bridgehead atoms. The molecule has 0 unspecified atom stereocenters. The van der Waals surface area contributed by atoms with Crippen molar-refractivity contribution >= 4 is 39.5 Å². The smallest absolute Gasteiger partial charge is 0.277 e. The summed E-state index contributed by atoms with van der Waals surface area (Å²) in [6, 6.07) is 4.60. The molecule has 0 aliphatic carbocycles. The first-order valence-corrected chi connectivity index (χ1v) is 5.71. The van der Waals surface area contributed by atoms with Gasteiger partial charge in [0.15, 0.2) is 0 Å². The number of urea groups is 1. The summed E-state index contributed by atoms with van der Waals surface area (Å²) in [6.07, 6.45) is -0.313. The lowest BCUT2D eigenvalue weighted by molar-refractivity contribution is -0.128. The number of imide groups is 2. The Balaban J connectivity index is 2.45. The van der Waals surface area contributed by atoms with Crippen LogP contribution in [0.2, 0.25) is 0 Å². The van der Waals surface area contributed by atoms with Crippen LogP contribution in [0.1, 0.15) is 12.0 Å². The molecule has 0 aromatic heterocycles. The van der Waals surface area contributed by atoms with E-state index in [1.54, 1.807) is 12.1 Å². The van der Waals surface area contributed by atoms with E-state index in [0.717, 1.165) is 10.5 Å². The number of carbonyl (C=O) groups excluding carboxylic acids is 3. The maximum atomic E-state index is 11.7. The fourth-order valence-corrected chi connectivity index (χ4v) is 2.01. The Morgan fingerprint density at radius 2 is 2.00 bits per heavy atom.